The number of hydrogen-bond acceptors (Lipinski definition) is 6. The second kappa shape index (κ2) is 14.2. The first-order valence-electron chi connectivity index (χ1n) is 13.7. The van der Waals surface area contributed by atoms with Crippen molar-refractivity contribution >= 4 is 18.3 Å². The number of aliphatic carboxylic acids is 1. The highest BCUT2D eigenvalue weighted by Gasteiger charge is 2.45. The fourth-order valence-electron chi connectivity index (χ4n) is 5.46. The van der Waals surface area contributed by atoms with Crippen LogP contribution in [0.25, 0.3) is 0 Å². The molecule has 3 atom stereocenters. The maximum Gasteiger partial charge on any atom is 0.308 e. The van der Waals surface area contributed by atoms with Crippen molar-refractivity contribution in [3.05, 3.63) is 23.8 Å². The van der Waals surface area contributed by atoms with E-state index in [0.717, 1.165) is 63.7 Å². The smallest absolute Gasteiger partial charge is 0.308 e. The number of nitrogens with zero attached hydrogens (tertiary/aromatic N) is 3. The number of likely N-dealkylation sites (tertiary alicyclic amines) is 2. The molecular weight excluding hydrogens is 474 g/mol. The summed E-state index contributed by atoms with van der Waals surface area (Å²) in [4.78, 5) is 40.2. The quantitative estimate of drug-likeness (QED) is 0.423. The lowest BCUT2D eigenvalue weighted by Crippen LogP contribution is -2.38. The Hall–Kier alpha value is -2.81. The Morgan fingerprint density at radius 2 is 1.86 bits per heavy atom. The Kier molecular flexibility index (Phi) is 11.0. The molecule has 0 radical (unpaired) electrons. The molecule has 1 N–H and O–H groups in total. The van der Waals surface area contributed by atoms with Crippen LogP contribution in [-0.2, 0) is 14.4 Å². The monoisotopic (exact) mass is 517 g/mol. The van der Waals surface area contributed by atoms with Crippen LogP contribution in [0, 0.1) is 5.92 Å². The second-order valence-electron chi connectivity index (χ2n) is 10.2. The maximum absolute atomic E-state index is 12.1. The van der Waals surface area contributed by atoms with Gasteiger partial charge in [-0.25, -0.2) is 0 Å². The molecule has 3 aliphatic rings. The molecule has 9 nitrogen and oxygen atoms in total. The Balaban J connectivity index is 0.000000295. The summed E-state index contributed by atoms with van der Waals surface area (Å²) in [7, 11) is 1.97. The van der Waals surface area contributed by atoms with Crippen molar-refractivity contribution in [2.45, 2.75) is 70.8 Å². The van der Waals surface area contributed by atoms with Gasteiger partial charge in [-0.1, -0.05) is 32.8 Å². The number of amides is 2. The molecule has 9 heteroatoms. The van der Waals surface area contributed by atoms with E-state index in [1.807, 2.05) is 35.0 Å². The van der Waals surface area contributed by atoms with Crippen LogP contribution in [0.5, 0.6) is 11.5 Å². The van der Waals surface area contributed by atoms with E-state index in [1.165, 1.54) is 0 Å². The van der Waals surface area contributed by atoms with Gasteiger partial charge < -0.3 is 29.3 Å². The van der Waals surface area contributed by atoms with Gasteiger partial charge >= 0.3 is 5.97 Å². The Bertz CT molecular complexity index is 902. The zero-order valence-corrected chi connectivity index (χ0v) is 22.6. The molecule has 2 fully saturated rings. The van der Waals surface area contributed by atoms with Gasteiger partial charge in [-0.15, -0.1) is 0 Å². The van der Waals surface area contributed by atoms with Gasteiger partial charge in [-0.2, -0.15) is 0 Å². The average Bonchev–Trinajstić information content (AvgIpc) is 3.61. The number of likely N-dealkylation sites (N-methyl/N-ethyl adjacent to an activating group) is 1. The number of fused-ring (bicyclic) bond motifs is 1. The van der Waals surface area contributed by atoms with Crippen molar-refractivity contribution in [1.82, 2.24) is 14.7 Å². The number of carbonyl (C=O) groups is 3. The van der Waals surface area contributed by atoms with Gasteiger partial charge in [0, 0.05) is 51.1 Å². The molecule has 206 valence electrons. The van der Waals surface area contributed by atoms with Crippen LogP contribution in [0.15, 0.2) is 18.2 Å². The SMILES string of the molecule is CCCCN(C=O)CCCC.CN1C[C@H](c2ccc3c(c2)OCO3)[C@@H](C(=O)O)[C@@H]1CCN1CCCC1=O. The second-order valence-corrected chi connectivity index (χ2v) is 10.2. The third-order valence-electron chi connectivity index (χ3n) is 7.62. The van der Waals surface area contributed by atoms with Crippen LogP contribution in [0.1, 0.15) is 70.3 Å². The summed E-state index contributed by atoms with van der Waals surface area (Å²) in [6.45, 7) is 8.45. The predicted molar refractivity (Wildman–Crippen MR) is 141 cm³/mol. The zero-order chi connectivity index (χ0) is 26.8. The van der Waals surface area contributed by atoms with Crippen molar-refractivity contribution in [3.8, 4) is 11.5 Å². The van der Waals surface area contributed by atoms with E-state index in [-0.39, 0.29) is 24.7 Å². The number of rotatable bonds is 12. The van der Waals surface area contributed by atoms with Crippen LogP contribution in [0.2, 0.25) is 0 Å². The fourth-order valence-corrected chi connectivity index (χ4v) is 5.46. The third-order valence-corrected chi connectivity index (χ3v) is 7.62. The molecule has 2 amide bonds. The highest BCUT2D eigenvalue weighted by Crippen LogP contribution is 2.42. The normalized spacial score (nSPS) is 22.6. The lowest BCUT2D eigenvalue weighted by atomic mass is 9.84. The van der Waals surface area contributed by atoms with E-state index >= 15 is 0 Å². The third kappa shape index (κ3) is 7.60. The Labute approximate surface area is 220 Å². The van der Waals surface area contributed by atoms with E-state index in [1.54, 1.807) is 0 Å². The molecule has 2 saturated heterocycles. The largest absolute Gasteiger partial charge is 0.481 e. The van der Waals surface area contributed by atoms with Crippen LogP contribution in [-0.4, -0.2) is 90.7 Å². The van der Waals surface area contributed by atoms with E-state index in [4.69, 9.17) is 9.47 Å². The predicted octanol–water partition coefficient (Wildman–Crippen LogP) is 3.57. The summed E-state index contributed by atoms with van der Waals surface area (Å²) in [6.07, 6.45) is 7.74. The summed E-state index contributed by atoms with van der Waals surface area (Å²) in [6, 6.07) is 5.61. The molecule has 3 aliphatic heterocycles. The van der Waals surface area contributed by atoms with Crippen molar-refractivity contribution in [2.24, 2.45) is 5.92 Å². The topological polar surface area (TPSA) is 99.6 Å². The summed E-state index contributed by atoms with van der Waals surface area (Å²) >= 11 is 0. The molecule has 3 heterocycles. The van der Waals surface area contributed by atoms with Crippen LogP contribution in [0.3, 0.4) is 0 Å². The minimum absolute atomic E-state index is 0.0867. The van der Waals surface area contributed by atoms with E-state index in [0.29, 0.717) is 37.4 Å². The molecule has 0 aromatic heterocycles. The highest BCUT2D eigenvalue weighted by atomic mass is 16.7. The van der Waals surface area contributed by atoms with Gasteiger partial charge in [0.05, 0.1) is 5.92 Å². The molecule has 4 rings (SSSR count). The summed E-state index contributed by atoms with van der Waals surface area (Å²) in [5.74, 6) is 0.181. The highest BCUT2D eigenvalue weighted by molar-refractivity contribution is 5.78. The minimum Gasteiger partial charge on any atom is -0.481 e. The molecule has 37 heavy (non-hydrogen) atoms. The Morgan fingerprint density at radius 1 is 1.16 bits per heavy atom. The van der Waals surface area contributed by atoms with Gasteiger partial charge in [-0.3, -0.25) is 14.4 Å². The van der Waals surface area contributed by atoms with Gasteiger partial charge in [0.1, 0.15) is 0 Å². The first-order chi connectivity index (χ1) is 17.9. The Morgan fingerprint density at radius 3 is 2.46 bits per heavy atom. The number of benzene rings is 1. The first-order valence-corrected chi connectivity index (χ1v) is 13.7. The average molecular weight is 518 g/mol. The first kappa shape index (κ1) is 28.8. The zero-order valence-electron chi connectivity index (χ0n) is 22.6. The van der Waals surface area contributed by atoms with Crippen LogP contribution in [0.4, 0.5) is 0 Å². The summed E-state index contributed by atoms with van der Waals surface area (Å²) in [5.41, 5.74) is 0.966. The number of ether oxygens (including phenoxy) is 2. The number of carboxylic acids is 1. The van der Waals surface area contributed by atoms with Gasteiger partial charge in [0.25, 0.3) is 0 Å². The van der Waals surface area contributed by atoms with Gasteiger partial charge in [0.2, 0.25) is 19.1 Å². The van der Waals surface area contributed by atoms with Crippen molar-refractivity contribution in [2.75, 3.05) is 46.6 Å². The molecular formula is C28H43N3O6. The van der Waals surface area contributed by atoms with E-state index in [9.17, 15) is 19.5 Å². The molecule has 0 saturated carbocycles. The standard InChI is InChI=1S/C19H24N2O5.C9H19NO/c1-20-10-13(12-4-5-15-16(9-12)26-11-25-15)18(19(23)24)14(20)6-8-21-7-2-3-17(21)22;1-3-5-7-10(9-11)8-6-4-2/h4-5,9,13-14,18H,2-3,6-8,10-11H2,1H3,(H,23,24);9H,3-8H2,1-2H3/t13-,14+,18-;/m1./s1. The van der Waals surface area contributed by atoms with E-state index < -0.39 is 11.9 Å². The van der Waals surface area contributed by atoms with Crippen LogP contribution < -0.4 is 9.47 Å². The molecule has 0 bridgehead atoms. The number of hydrogen-bond donors (Lipinski definition) is 1. The van der Waals surface area contributed by atoms with Crippen molar-refractivity contribution in [1.29, 1.82) is 0 Å². The molecule has 0 aliphatic carbocycles. The minimum atomic E-state index is -0.783. The molecule has 1 aromatic rings. The van der Waals surface area contributed by atoms with Gasteiger partial charge in [0.15, 0.2) is 11.5 Å². The van der Waals surface area contributed by atoms with Crippen molar-refractivity contribution in [3.63, 3.8) is 0 Å². The lowest BCUT2D eigenvalue weighted by molar-refractivity contribution is -0.143. The number of carbonyl (C=O) groups excluding carboxylic acids is 2. The maximum atomic E-state index is 12.1. The summed E-state index contributed by atoms with van der Waals surface area (Å²) < 4.78 is 10.8. The van der Waals surface area contributed by atoms with Crippen molar-refractivity contribution < 1.29 is 29.0 Å². The van der Waals surface area contributed by atoms with E-state index in [2.05, 4.69) is 18.7 Å². The molecule has 0 spiro atoms. The van der Waals surface area contributed by atoms with Crippen LogP contribution >= 0.6 is 0 Å². The number of unbranched alkanes of at least 4 members (excludes halogenated alkanes) is 2. The summed E-state index contributed by atoms with van der Waals surface area (Å²) in [5, 5.41) is 9.91. The number of carboxylic acid groups (broad SMARTS) is 1. The fraction of sp³-hybridized carbons (Fsp3) is 0.679. The lowest BCUT2D eigenvalue weighted by Gasteiger charge is -2.26. The molecule has 1 aromatic carbocycles. The molecule has 0 unspecified atom stereocenters. The van der Waals surface area contributed by atoms with Gasteiger partial charge in [-0.05, 0) is 50.4 Å².